The Balaban J connectivity index is 2.12. The lowest BCUT2D eigenvalue weighted by atomic mass is 10.0. The van der Waals surface area contributed by atoms with Crippen molar-refractivity contribution in [2.45, 2.75) is 0 Å². The normalized spacial score (nSPS) is 15.0. The Morgan fingerprint density at radius 2 is 1.81 bits per heavy atom. The van der Waals surface area contributed by atoms with Crippen LogP contribution in [-0.4, -0.2) is 12.3 Å². The molecule has 78 valence electrons. The number of hydrogen-bond donors (Lipinski definition) is 1. The average Bonchev–Trinajstić information content (AvgIpc) is 2.75. The van der Waals surface area contributed by atoms with Crippen molar-refractivity contribution in [3.63, 3.8) is 0 Å². The number of nitrogens with two attached hydrogens (primary N) is 1. The first kappa shape index (κ1) is 9.16. The molecule has 0 saturated heterocycles. The standard InChI is InChI=1S/C14H12N2/c15-13-8-14(16-9-13)12-6-5-10-3-1-2-4-11(10)7-12/h1-8H,9,15H2. The third-order valence-electron chi connectivity index (χ3n) is 2.80. The summed E-state index contributed by atoms with van der Waals surface area (Å²) in [6, 6.07) is 14.7. The maximum atomic E-state index is 5.72. The van der Waals surface area contributed by atoms with Crippen LogP contribution >= 0.6 is 0 Å². The van der Waals surface area contributed by atoms with Gasteiger partial charge in [-0.15, -0.1) is 0 Å². The molecule has 0 radical (unpaired) electrons. The molecule has 1 aliphatic heterocycles. The van der Waals surface area contributed by atoms with E-state index in [0.717, 1.165) is 17.0 Å². The van der Waals surface area contributed by atoms with E-state index >= 15 is 0 Å². The number of aliphatic imine (C=N–C) groups is 1. The summed E-state index contributed by atoms with van der Waals surface area (Å²) in [7, 11) is 0. The summed E-state index contributed by atoms with van der Waals surface area (Å²) in [5, 5.41) is 2.49. The Labute approximate surface area is 94.1 Å². The van der Waals surface area contributed by atoms with Crippen molar-refractivity contribution < 1.29 is 0 Å². The van der Waals surface area contributed by atoms with Gasteiger partial charge in [0.1, 0.15) is 0 Å². The predicted molar refractivity (Wildman–Crippen MR) is 67.6 cm³/mol. The van der Waals surface area contributed by atoms with Crippen LogP contribution in [0.4, 0.5) is 0 Å². The molecule has 0 fully saturated rings. The fourth-order valence-electron chi connectivity index (χ4n) is 1.97. The van der Waals surface area contributed by atoms with Crippen LogP contribution in [0.3, 0.4) is 0 Å². The van der Waals surface area contributed by atoms with Gasteiger partial charge in [0.25, 0.3) is 0 Å². The van der Waals surface area contributed by atoms with E-state index in [1.165, 1.54) is 10.8 Å². The van der Waals surface area contributed by atoms with Crippen LogP contribution in [-0.2, 0) is 0 Å². The summed E-state index contributed by atoms with van der Waals surface area (Å²) in [6.07, 6.45) is 1.95. The Morgan fingerprint density at radius 1 is 1.00 bits per heavy atom. The molecule has 0 bridgehead atoms. The first-order valence-corrected chi connectivity index (χ1v) is 5.32. The highest BCUT2D eigenvalue weighted by Gasteiger charge is 2.07. The summed E-state index contributed by atoms with van der Waals surface area (Å²) >= 11 is 0. The zero-order valence-electron chi connectivity index (χ0n) is 8.85. The third-order valence-corrected chi connectivity index (χ3v) is 2.80. The molecular weight excluding hydrogens is 196 g/mol. The maximum absolute atomic E-state index is 5.72. The topological polar surface area (TPSA) is 38.4 Å². The van der Waals surface area contributed by atoms with E-state index < -0.39 is 0 Å². The van der Waals surface area contributed by atoms with Crippen LogP contribution in [0.2, 0.25) is 0 Å². The van der Waals surface area contributed by atoms with Gasteiger partial charge in [0, 0.05) is 11.3 Å². The van der Waals surface area contributed by atoms with Crippen LogP contribution in [0, 0.1) is 0 Å². The van der Waals surface area contributed by atoms with E-state index in [4.69, 9.17) is 5.73 Å². The molecule has 2 nitrogen and oxygen atoms in total. The number of fused-ring (bicyclic) bond motifs is 1. The molecule has 16 heavy (non-hydrogen) atoms. The van der Waals surface area contributed by atoms with E-state index in [1.807, 2.05) is 18.2 Å². The SMILES string of the molecule is NC1=CC(c2ccc3ccccc3c2)=NC1. The number of nitrogens with zero attached hydrogens (tertiary/aromatic N) is 1. The highest BCUT2D eigenvalue weighted by atomic mass is 14.8. The third kappa shape index (κ3) is 1.48. The van der Waals surface area contributed by atoms with Crippen LogP contribution in [0.5, 0.6) is 0 Å². The number of allylic oxidation sites excluding steroid dienone is 1. The van der Waals surface area contributed by atoms with Crippen molar-refractivity contribution in [2.24, 2.45) is 10.7 Å². The number of rotatable bonds is 1. The monoisotopic (exact) mass is 208 g/mol. The van der Waals surface area contributed by atoms with Crippen LogP contribution in [0.1, 0.15) is 5.56 Å². The molecule has 2 heteroatoms. The van der Waals surface area contributed by atoms with Gasteiger partial charge in [0.2, 0.25) is 0 Å². The average molecular weight is 208 g/mol. The fourth-order valence-corrected chi connectivity index (χ4v) is 1.97. The number of hydrogen-bond acceptors (Lipinski definition) is 2. The van der Waals surface area contributed by atoms with E-state index in [2.05, 4.69) is 35.3 Å². The zero-order valence-corrected chi connectivity index (χ0v) is 8.85. The second-order valence-electron chi connectivity index (χ2n) is 3.98. The zero-order chi connectivity index (χ0) is 11.0. The molecule has 0 aromatic heterocycles. The lowest BCUT2D eigenvalue weighted by Crippen LogP contribution is -1.96. The van der Waals surface area contributed by atoms with Crippen molar-refractivity contribution in [1.82, 2.24) is 0 Å². The molecule has 0 amide bonds. The Morgan fingerprint density at radius 3 is 2.56 bits per heavy atom. The maximum Gasteiger partial charge on any atom is 0.0792 e. The largest absolute Gasteiger partial charge is 0.400 e. The summed E-state index contributed by atoms with van der Waals surface area (Å²) in [4.78, 5) is 4.39. The van der Waals surface area contributed by atoms with Crippen LogP contribution in [0.25, 0.3) is 10.8 Å². The molecule has 0 saturated carbocycles. The molecule has 2 aromatic carbocycles. The summed E-state index contributed by atoms with van der Waals surface area (Å²) < 4.78 is 0. The van der Waals surface area contributed by atoms with Gasteiger partial charge >= 0.3 is 0 Å². The lowest BCUT2D eigenvalue weighted by molar-refractivity contribution is 1.14. The highest BCUT2D eigenvalue weighted by Crippen LogP contribution is 2.18. The van der Waals surface area contributed by atoms with Crippen molar-refractivity contribution in [2.75, 3.05) is 6.54 Å². The second-order valence-corrected chi connectivity index (χ2v) is 3.98. The van der Waals surface area contributed by atoms with Gasteiger partial charge in [-0.3, -0.25) is 4.99 Å². The van der Waals surface area contributed by atoms with Crippen molar-refractivity contribution in [3.8, 4) is 0 Å². The molecule has 0 aliphatic carbocycles. The van der Waals surface area contributed by atoms with E-state index in [1.54, 1.807) is 0 Å². The highest BCUT2D eigenvalue weighted by molar-refractivity contribution is 6.11. The summed E-state index contributed by atoms with van der Waals surface area (Å²) in [5.74, 6) is 0. The Kier molecular flexibility index (Phi) is 2.00. The van der Waals surface area contributed by atoms with E-state index in [-0.39, 0.29) is 0 Å². The lowest BCUT2D eigenvalue weighted by Gasteiger charge is -2.01. The van der Waals surface area contributed by atoms with E-state index in [9.17, 15) is 0 Å². The first-order valence-electron chi connectivity index (χ1n) is 5.32. The van der Waals surface area contributed by atoms with Gasteiger partial charge in [-0.25, -0.2) is 0 Å². The Hall–Kier alpha value is -2.09. The van der Waals surface area contributed by atoms with Gasteiger partial charge in [0.15, 0.2) is 0 Å². The van der Waals surface area contributed by atoms with Crippen molar-refractivity contribution in [3.05, 3.63) is 59.8 Å². The minimum absolute atomic E-state index is 0.627. The smallest absolute Gasteiger partial charge is 0.0792 e. The van der Waals surface area contributed by atoms with Gasteiger partial charge in [-0.05, 0) is 22.9 Å². The first-order chi connectivity index (χ1) is 7.83. The number of benzene rings is 2. The molecule has 2 aromatic rings. The molecule has 1 heterocycles. The quantitative estimate of drug-likeness (QED) is 0.768. The van der Waals surface area contributed by atoms with Crippen LogP contribution < -0.4 is 5.73 Å². The second kappa shape index (κ2) is 3.49. The summed E-state index contributed by atoms with van der Waals surface area (Å²) in [6.45, 7) is 0.627. The Bertz CT molecular complexity index is 609. The summed E-state index contributed by atoms with van der Waals surface area (Å²) in [5.41, 5.74) is 8.69. The van der Waals surface area contributed by atoms with E-state index in [0.29, 0.717) is 6.54 Å². The molecule has 0 unspecified atom stereocenters. The van der Waals surface area contributed by atoms with Gasteiger partial charge in [0.05, 0.1) is 12.3 Å². The molecule has 1 aliphatic rings. The molecule has 0 spiro atoms. The molecule has 0 atom stereocenters. The minimum atomic E-state index is 0.627. The molecule has 3 rings (SSSR count). The van der Waals surface area contributed by atoms with Gasteiger partial charge < -0.3 is 5.73 Å². The van der Waals surface area contributed by atoms with Crippen LogP contribution in [0.15, 0.2) is 59.2 Å². The molecule has 2 N–H and O–H groups in total. The predicted octanol–water partition coefficient (Wildman–Crippen LogP) is 2.49. The van der Waals surface area contributed by atoms with Crippen molar-refractivity contribution in [1.29, 1.82) is 0 Å². The molecular formula is C14H12N2. The van der Waals surface area contributed by atoms with Gasteiger partial charge in [-0.1, -0.05) is 36.4 Å². The van der Waals surface area contributed by atoms with Gasteiger partial charge in [-0.2, -0.15) is 0 Å². The fraction of sp³-hybridized carbons (Fsp3) is 0.0714. The minimum Gasteiger partial charge on any atom is -0.400 e. The van der Waals surface area contributed by atoms with Crippen molar-refractivity contribution >= 4 is 16.5 Å².